The summed E-state index contributed by atoms with van der Waals surface area (Å²) >= 11 is 0. The van der Waals surface area contributed by atoms with Crippen LogP contribution in [0.2, 0.25) is 0 Å². The molecule has 0 rings (SSSR count). The Morgan fingerprint density at radius 1 is 1.80 bits per heavy atom. The summed E-state index contributed by atoms with van der Waals surface area (Å²) in [4.78, 5) is 8.89. The van der Waals surface area contributed by atoms with Crippen LogP contribution in [0.4, 0.5) is 0 Å². The Hall–Kier alpha value is 0.0934. The zero-order valence-electron chi connectivity index (χ0n) is 2.77. The number of rotatable bonds is 0. The summed E-state index contributed by atoms with van der Waals surface area (Å²) in [5, 5.41) is 7.31. The minimum atomic E-state index is -1.08. The molecule has 0 aliphatic heterocycles. The maximum Gasteiger partial charge on any atom is 0.303 e. The fourth-order valence-electron chi connectivity index (χ4n) is 0. The van der Waals surface area contributed by atoms with Crippen molar-refractivity contribution in [2.45, 2.75) is 0 Å². The first-order valence-corrected chi connectivity index (χ1v) is 0.781. The Kier molecular flexibility index (Phi) is 7.30. The van der Waals surface area contributed by atoms with Gasteiger partial charge in [0.15, 0.2) is 0 Å². The summed E-state index contributed by atoms with van der Waals surface area (Å²) in [5.41, 5.74) is 0. The second-order valence-electron chi connectivity index (χ2n) is 0.394. The van der Waals surface area contributed by atoms with Gasteiger partial charge in [-0.05, 0) is 0 Å². The molecule has 2 nitrogen and oxygen atoms in total. The standard InChI is InChI=1S/C2H3O2.Zn/c1-2(3)4;/h1H2,(H,3,4);. The van der Waals surface area contributed by atoms with Crippen LogP contribution in [0.25, 0.3) is 0 Å². The Balaban J connectivity index is 0. The van der Waals surface area contributed by atoms with E-state index in [1.165, 1.54) is 0 Å². The number of aliphatic carboxylic acids is 1. The van der Waals surface area contributed by atoms with Crippen molar-refractivity contribution in [2.75, 3.05) is 0 Å². The number of hydrogen-bond acceptors (Lipinski definition) is 1. The summed E-state index contributed by atoms with van der Waals surface area (Å²) in [6.45, 7) is 2.56. The molecule has 0 spiro atoms. The SMILES string of the molecule is [CH2]C(=O)O.[Zn]. The van der Waals surface area contributed by atoms with Gasteiger partial charge in [0.05, 0.1) is 6.92 Å². The first kappa shape index (κ1) is 8.92. The van der Waals surface area contributed by atoms with E-state index in [1.54, 1.807) is 0 Å². The fourth-order valence-corrected chi connectivity index (χ4v) is 0. The molecule has 0 amide bonds. The quantitative estimate of drug-likeness (QED) is 0.458. The second-order valence-corrected chi connectivity index (χ2v) is 0.394. The third-order valence-electron chi connectivity index (χ3n) is 0. The van der Waals surface area contributed by atoms with Crippen LogP contribution in [0.15, 0.2) is 0 Å². The number of carbonyl (C=O) groups is 1. The van der Waals surface area contributed by atoms with Gasteiger partial charge in [-0.2, -0.15) is 0 Å². The van der Waals surface area contributed by atoms with E-state index >= 15 is 0 Å². The van der Waals surface area contributed by atoms with Gasteiger partial charge in [-0.3, -0.25) is 4.79 Å². The van der Waals surface area contributed by atoms with Crippen molar-refractivity contribution in [3.8, 4) is 0 Å². The Morgan fingerprint density at radius 3 is 1.80 bits per heavy atom. The normalized spacial score (nSPS) is 5.00. The topological polar surface area (TPSA) is 37.3 Å². The number of carboxylic acid groups (broad SMARTS) is 1. The molecule has 0 saturated carbocycles. The summed E-state index contributed by atoms with van der Waals surface area (Å²) in [7, 11) is 0. The minimum absolute atomic E-state index is 0. The van der Waals surface area contributed by atoms with E-state index in [2.05, 4.69) is 6.92 Å². The van der Waals surface area contributed by atoms with Crippen LogP contribution in [0.5, 0.6) is 0 Å². The summed E-state index contributed by atoms with van der Waals surface area (Å²) in [5.74, 6) is -1.08. The first-order valence-electron chi connectivity index (χ1n) is 0.781. The molecule has 0 aromatic rings. The van der Waals surface area contributed by atoms with Crippen molar-refractivity contribution >= 4 is 5.97 Å². The molecule has 25 valence electrons. The van der Waals surface area contributed by atoms with Crippen molar-refractivity contribution in [3.05, 3.63) is 6.92 Å². The third kappa shape index (κ3) is 2060. The molecule has 0 bridgehead atoms. The van der Waals surface area contributed by atoms with Gasteiger partial charge in [-0.15, -0.1) is 0 Å². The fraction of sp³-hybridized carbons (Fsp3) is 0. The van der Waals surface area contributed by atoms with Crippen molar-refractivity contribution in [3.63, 3.8) is 0 Å². The summed E-state index contributed by atoms with van der Waals surface area (Å²) < 4.78 is 0. The molecule has 0 heterocycles. The van der Waals surface area contributed by atoms with Crippen molar-refractivity contribution in [1.82, 2.24) is 0 Å². The van der Waals surface area contributed by atoms with Gasteiger partial charge in [0.2, 0.25) is 0 Å². The first-order chi connectivity index (χ1) is 1.73. The summed E-state index contributed by atoms with van der Waals surface area (Å²) in [6, 6.07) is 0. The predicted octanol–water partition coefficient (Wildman–Crippen LogP) is -0.0974. The molecule has 3 heteroatoms. The molecule has 0 fully saturated rings. The van der Waals surface area contributed by atoms with E-state index in [1.807, 2.05) is 0 Å². The third-order valence-corrected chi connectivity index (χ3v) is 0. The molecule has 1 radical (unpaired) electrons. The monoisotopic (exact) mass is 123 g/mol. The van der Waals surface area contributed by atoms with Crippen LogP contribution in [0.3, 0.4) is 0 Å². The maximum atomic E-state index is 8.89. The van der Waals surface area contributed by atoms with Gasteiger partial charge in [0.1, 0.15) is 0 Å². The smallest absolute Gasteiger partial charge is 0.303 e. The van der Waals surface area contributed by atoms with Gasteiger partial charge in [-0.25, -0.2) is 0 Å². The minimum Gasteiger partial charge on any atom is -0.481 e. The maximum absolute atomic E-state index is 8.89. The summed E-state index contributed by atoms with van der Waals surface area (Å²) in [6.07, 6.45) is 0. The van der Waals surface area contributed by atoms with Gasteiger partial charge in [0, 0.05) is 19.5 Å². The van der Waals surface area contributed by atoms with E-state index in [0.717, 1.165) is 0 Å². The molecule has 0 aliphatic carbocycles. The van der Waals surface area contributed by atoms with Crippen LogP contribution in [-0.2, 0) is 24.3 Å². The second kappa shape index (κ2) is 4.09. The van der Waals surface area contributed by atoms with Crippen LogP contribution in [0, 0.1) is 6.92 Å². The van der Waals surface area contributed by atoms with E-state index in [9.17, 15) is 0 Å². The predicted molar refractivity (Wildman–Crippen MR) is 13.0 cm³/mol. The number of hydrogen-bond donors (Lipinski definition) is 1. The largest absolute Gasteiger partial charge is 0.481 e. The van der Waals surface area contributed by atoms with E-state index in [0.29, 0.717) is 0 Å². The van der Waals surface area contributed by atoms with Gasteiger partial charge in [-0.1, -0.05) is 0 Å². The van der Waals surface area contributed by atoms with Gasteiger partial charge in [0.25, 0.3) is 0 Å². The molecular formula is C2H3O2Zn. The van der Waals surface area contributed by atoms with E-state index < -0.39 is 5.97 Å². The van der Waals surface area contributed by atoms with E-state index in [4.69, 9.17) is 9.90 Å². The molecule has 0 aromatic carbocycles. The van der Waals surface area contributed by atoms with Crippen LogP contribution < -0.4 is 0 Å². The van der Waals surface area contributed by atoms with Crippen molar-refractivity contribution < 1.29 is 29.4 Å². The molecule has 0 atom stereocenters. The molecule has 0 aliphatic rings. The van der Waals surface area contributed by atoms with Crippen LogP contribution in [0.1, 0.15) is 0 Å². The van der Waals surface area contributed by atoms with E-state index in [-0.39, 0.29) is 19.5 Å². The van der Waals surface area contributed by atoms with Gasteiger partial charge < -0.3 is 5.11 Å². The molecule has 1 N–H and O–H groups in total. The van der Waals surface area contributed by atoms with Crippen molar-refractivity contribution in [2.24, 2.45) is 0 Å². The van der Waals surface area contributed by atoms with Crippen LogP contribution in [-0.4, -0.2) is 11.1 Å². The Bertz CT molecular complexity index is 30.6. The Morgan fingerprint density at radius 2 is 1.80 bits per heavy atom. The number of carboxylic acids is 1. The average molecular weight is 124 g/mol. The van der Waals surface area contributed by atoms with Crippen molar-refractivity contribution in [1.29, 1.82) is 0 Å². The molecule has 5 heavy (non-hydrogen) atoms. The van der Waals surface area contributed by atoms with Crippen LogP contribution >= 0.6 is 0 Å². The zero-order valence-corrected chi connectivity index (χ0v) is 5.74. The van der Waals surface area contributed by atoms with Gasteiger partial charge >= 0.3 is 5.97 Å². The molecule has 0 unspecified atom stereocenters. The molecule has 0 saturated heterocycles. The molecule has 0 aromatic heterocycles. The Labute approximate surface area is 42.9 Å². The molecular weight excluding hydrogens is 121 g/mol. The zero-order chi connectivity index (χ0) is 3.58. The average Bonchev–Trinajstić information content (AvgIpc) is 0.811.